The fourth-order valence-electron chi connectivity index (χ4n) is 2.66. The van der Waals surface area contributed by atoms with Gasteiger partial charge in [0.25, 0.3) is 0 Å². The van der Waals surface area contributed by atoms with Gasteiger partial charge in [0.05, 0.1) is 0 Å². The van der Waals surface area contributed by atoms with E-state index in [-0.39, 0.29) is 0 Å². The van der Waals surface area contributed by atoms with Crippen LogP contribution in [0.1, 0.15) is 65.7 Å². The molecule has 2 N–H and O–H groups in total. The number of hydrogen-bond acceptors (Lipinski definition) is 2. The number of nitrogens with one attached hydrogen (secondary N) is 2. The van der Waals surface area contributed by atoms with Crippen molar-refractivity contribution in [2.24, 2.45) is 0 Å². The van der Waals surface area contributed by atoms with Gasteiger partial charge in [-0.3, -0.25) is 0 Å². The fourth-order valence-corrected chi connectivity index (χ4v) is 2.66. The first kappa shape index (κ1) is 14.0. The Morgan fingerprint density at radius 1 is 0.938 bits per heavy atom. The molecule has 0 bridgehead atoms. The summed E-state index contributed by atoms with van der Waals surface area (Å²) in [4.78, 5) is 0. The molecule has 2 heterocycles. The van der Waals surface area contributed by atoms with Crippen LogP contribution >= 0.6 is 0 Å². The van der Waals surface area contributed by atoms with E-state index in [0.29, 0.717) is 0 Å². The van der Waals surface area contributed by atoms with Gasteiger partial charge in [-0.25, -0.2) is 0 Å². The van der Waals surface area contributed by atoms with E-state index in [1.807, 2.05) is 0 Å². The van der Waals surface area contributed by atoms with Crippen LogP contribution in [0.25, 0.3) is 0 Å². The first-order chi connectivity index (χ1) is 7.72. The monoisotopic (exact) mass is 226 g/mol. The molecule has 2 heteroatoms. The molecule has 0 spiro atoms. The first-order valence-electron chi connectivity index (χ1n) is 7.21. The van der Waals surface area contributed by atoms with E-state index in [9.17, 15) is 0 Å². The van der Waals surface area contributed by atoms with Crippen LogP contribution < -0.4 is 10.6 Å². The maximum Gasteiger partial charge on any atom is 0.00644 e. The van der Waals surface area contributed by atoms with E-state index >= 15 is 0 Å². The molecule has 0 aromatic carbocycles. The second-order valence-electron chi connectivity index (χ2n) is 5.45. The minimum absolute atomic E-state index is 0.763. The fraction of sp³-hybridized carbons (Fsp3) is 1.00. The van der Waals surface area contributed by atoms with E-state index in [4.69, 9.17) is 0 Å². The normalized spacial score (nSPS) is 35.1. The molecule has 0 saturated carbocycles. The molecule has 3 atom stereocenters. The summed E-state index contributed by atoms with van der Waals surface area (Å²) in [6.45, 7) is 8.02. The van der Waals surface area contributed by atoms with E-state index < -0.39 is 0 Å². The molecule has 2 aliphatic heterocycles. The van der Waals surface area contributed by atoms with E-state index in [2.05, 4.69) is 31.4 Å². The lowest BCUT2D eigenvalue weighted by Gasteiger charge is -2.25. The predicted molar refractivity (Wildman–Crippen MR) is 71.8 cm³/mol. The van der Waals surface area contributed by atoms with Gasteiger partial charge in [0, 0.05) is 18.1 Å². The van der Waals surface area contributed by atoms with Crippen molar-refractivity contribution >= 4 is 0 Å². The number of rotatable bonds is 1. The average molecular weight is 226 g/mol. The Morgan fingerprint density at radius 3 is 1.94 bits per heavy atom. The SMILES string of the molecule is CC1CCCC(C)N1.CCC1CCCCN1. The summed E-state index contributed by atoms with van der Waals surface area (Å²) >= 11 is 0. The van der Waals surface area contributed by atoms with Crippen LogP contribution in [0.2, 0.25) is 0 Å². The summed E-state index contributed by atoms with van der Waals surface area (Å²) in [7, 11) is 0. The Labute approximate surface area is 102 Å². The Kier molecular flexibility index (Phi) is 7.06. The summed E-state index contributed by atoms with van der Waals surface area (Å²) in [6, 6.07) is 2.36. The van der Waals surface area contributed by atoms with Gasteiger partial charge < -0.3 is 10.6 Å². The third kappa shape index (κ3) is 5.86. The molecule has 2 rings (SSSR count). The van der Waals surface area contributed by atoms with Crippen molar-refractivity contribution in [2.75, 3.05) is 6.54 Å². The highest BCUT2D eigenvalue weighted by Gasteiger charge is 2.12. The molecule has 2 fully saturated rings. The molecule has 2 aliphatic rings. The van der Waals surface area contributed by atoms with Crippen molar-refractivity contribution in [1.29, 1.82) is 0 Å². The largest absolute Gasteiger partial charge is 0.314 e. The van der Waals surface area contributed by atoms with Gasteiger partial charge in [-0.05, 0) is 52.5 Å². The third-order valence-electron chi connectivity index (χ3n) is 3.75. The molecule has 0 aromatic rings. The van der Waals surface area contributed by atoms with Crippen molar-refractivity contribution in [2.45, 2.75) is 83.8 Å². The second-order valence-corrected chi connectivity index (χ2v) is 5.45. The summed E-state index contributed by atoms with van der Waals surface area (Å²) in [5.74, 6) is 0. The Hall–Kier alpha value is -0.0800. The lowest BCUT2D eigenvalue weighted by atomic mass is 10.0. The standard InChI is InChI=1S/2C7H15N/c1-6-4-3-5-7(2)8-6;1-2-7-5-3-4-6-8-7/h6-8H,3-5H2,1-2H3;7-8H,2-6H2,1H3. The van der Waals surface area contributed by atoms with Crippen LogP contribution in [0.5, 0.6) is 0 Å². The highest BCUT2D eigenvalue weighted by molar-refractivity contribution is 4.73. The third-order valence-corrected chi connectivity index (χ3v) is 3.75. The van der Waals surface area contributed by atoms with Crippen molar-refractivity contribution in [3.05, 3.63) is 0 Å². The molecule has 0 aliphatic carbocycles. The Balaban J connectivity index is 0.000000160. The van der Waals surface area contributed by atoms with E-state index in [0.717, 1.165) is 18.1 Å². The molecule has 3 unspecified atom stereocenters. The molecule has 0 aromatic heterocycles. The van der Waals surface area contributed by atoms with Gasteiger partial charge in [-0.1, -0.05) is 19.8 Å². The molecule has 2 nitrogen and oxygen atoms in total. The molecule has 2 saturated heterocycles. The molecule has 0 amide bonds. The van der Waals surface area contributed by atoms with Crippen LogP contribution in [-0.2, 0) is 0 Å². The summed E-state index contributed by atoms with van der Waals surface area (Å²) in [6.07, 6.45) is 9.67. The zero-order valence-electron chi connectivity index (χ0n) is 11.4. The Bertz CT molecular complexity index is 156. The topological polar surface area (TPSA) is 24.1 Å². The number of piperidine rings is 2. The highest BCUT2D eigenvalue weighted by Crippen LogP contribution is 2.10. The van der Waals surface area contributed by atoms with Gasteiger partial charge in [-0.2, -0.15) is 0 Å². The van der Waals surface area contributed by atoms with Crippen LogP contribution in [0.3, 0.4) is 0 Å². The van der Waals surface area contributed by atoms with Crippen molar-refractivity contribution in [3.8, 4) is 0 Å². The molecule has 96 valence electrons. The van der Waals surface area contributed by atoms with Crippen molar-refractivity contribution in [3.63, 3.8) is 0 Å². The van der Waals surface area contributed by atoms with Crippen LogP contribution in [-0.4, -0.2) is 24.7 Å². The maximum absolute atomic E-state index is 3.48. The minimum Gasteiger partial charge on any atom is -0.314 e. The number of hydrogen-bond donors (Lipinski definition) is 2. The predicted octanol–water partition coefficient (Wildman–Crippen LogP) is 3.08. The first-order valence-corrected chi connectivity index (χ1v) is 7.21. The van der Waals surface area contributed by atoms with Gasteiger partial charge in [0.15, 0.2) is 0 Å². The molecule has 0 radical (unpaired) electrons. The highest BCUT2D eigenvalue weighted by atomic mass is 14.9. The molecule has 16 heavy (non-hydrogen) atoms. The van der Waals surface area contributed by atoms with Gasteiger partial charge in [0.1, 0.15) is 0 Å². The smallest absolute Gasteiger partial charge is 0.00644 e. The summed E-state index contributed by atoms with van der Waals surface area (Å²) in [5.41, 5.74) is 0. The van der Waals surface area contributed by atoms with Gasteiger partial charge >= 0.3 is 0 Å². The zero-order valence-corrected chi connectivity index (χ0v) is 11.4. The lowest BCUT2D eigenvalue weighted by Crippen LogP contribution is -2.38. The molecular weight excluding hydrogens is 196 g/mol. The molecular formula is C14H30N2. The van der Waals surface area contributed by atoms with Crippen LogP contribution in [0.4, 0.5) is 0 Å². The summed E-state index contributed by atoms with van der Waals surface area (Å²) < 4.78 is 0. The Morgan fingerprint density at radius 2 is 1.62 bits per heavy atom. The van der Waals surface area contributed by atoms with Crippen molar-refractivity contribution in [1.82, 2.24) is 10.6 Å². The minimum atomic E-state index is 0.763. The van der Waals surface area contributed by atoms with Gasteiger partial charge in [-0.15, -0.1) is 0 Å². The quantitative estimate of drug-likeness (QED) is 0.718. The van der Waals surface area contributed by atoms with Crippen LogP contribution in [0, 0.1) is 0 Å². The lowest BCUT2D eigenvalue weighted by molar-refractivity contribution is 0.352. The summed E-state index contributed by atoms with van der Waals surface area (Å²) in [5, 5.41) is 6.95. The van der Waals surface area contributed by atoms with Gasteiger partial charge in [0.2, 0.25) is 0 Å². The van der Waals surface area contributed by atoms with E-state index in [1.165, 1.54) is 51.5 Å². The average Bonchev–Trinajstić information content (AvgIpc) is 2.31. The van der Waals surface area contributed by atoms with Crippen LogP contribution in [0.15, 0.2) is 0 Å². The zero-order chi connectivity index (χ0) is 11.8. The second kappa shape index (κ2) is 8.08. The van der Waals surface area contributed by atoms with Crippen molar-refractivity contribution < 1.29 is 0 Å². The van der Waals surface area contributed by atoms with E-state index in [1.54, 1.807) is 0 Å². The maximum atomic E-state index is 3.48.